The van der Waals surface area contributed by atoms with Crippen molar-refractivity contribution in [3.05, 3.63) is 125 Å². The van der Waals surface area contributed by atoms with Gasteiger partial charge in [0.2, 0.25) is 11.8 Å². The van der Waals surface area contributed by atoms with E-state index in [2.05, 4.69) is 16.0 Å². The first-order valence-electron chi connectivity index (χ1n) is 17.3. The zero-order valence-electron chi connectivity index (χ0n) is 28.5. The van der Waals surface area contributed by atoms with E-state index in [1.807, 2.05) is 110 Å². The van der Waals surface area contributed by atoms with Gasteiger partial charge in [0.15, 0.2) is 0 Å². The van der Waals surface area contributed by atoms with Crippen molar-refractivity contribution in [2.75, 3.05) is 36.1 Å². The molecule has 50 heavy (non-hydrogen) atoms. The van der Waals surface area contributed by atoms with Gasteiger partial charge in [-0.05, 0) is 91.3 Å². The van der Waals surface area contributed by atoms with Crippen LogP contribution in [0, 0.1) is 0 Å². The number of nitrogens with one attached hydrogen (secondary N) is 3. The molecule has 0 radical (unpaired) electrons. The Balaban J connectivity index is 1.02. The molecule has 2 aliphatic heterocycles. The number of carbonyl (C=O) groups is 4. The van der Waals surface area contributed by atoms with Crippen LogP contribution in [0.25, 0.3) is 12.2 Å². The maximum atomic E-state index is 13.3. The second-order valence-corrected chi connectivity index (χ2v) is 12.7. The van der Waals surface area contributed by atoms with E-state index in [0.717, 1.165) is 41.6 Å². The molecule has 4 aromatic rings. The van der Waals surface area contributed by atoms with Crippen molar-refractivity contribution in [1.82, 2.24) is 9.80 Å². The van der Waals surface area contributed by atoms with Gasteiger partial charge in [0.25, 0.3) is 11.8 Å². The molecule has 0 spiro atoms. The average Bonchev–Trinajstić information content (AvgIpc) is 3.86. The van der Waals surface area contributed by atoms with E-state index in [9.17, 15) is 19.2 Å². The number of likely N-dealkylation sites (tertiary alicyclic amines) is 2. The number of hydrogen-bond acceptors (Lipinski definition) is 5. The van der Waals surface area contributed by atoms with Crippen LogP contribution in [0.2, 0.25) is 0 Å². The van der Waals surface area contributed by atoms with Gasteiger partial charge >= 0.3 is 0 Å². The van der Waals surface area contributed by atoms with Crippen LogP contribution in [0.4, 0.5) is 17.1 Å². The van der Waals surface area contributed by atoms with Gasteiger partial charge in [0.1, 0.15) is 12.1 Å². The number of benzene rings is 4. The Morgan fingerprint density at radius 3 is 1.60 bits per heavy atom. The van der Waals surface area contributed by atoms with Gasteiger partial charge < -0.3 is 25.8 Å². The molecule has 2 saturated heterocycles. The summed E-state index contributed by atoms with van der Waals surface area (Å²) in [6, 6.07) is 29.1. The van der Waals surface area contributed by atoms with Crippen LogP contribution in [0.5, 0.6) is 0 Å². The second kappa shape index (κ2) is 15.7. The molecule has 9 nitrogen and oxygen atoms in total. The zero-order chi connectivity index (χ0) is 35.0. The van der Waals surface area contributed by atoms with E-state index in [-0.39, 0.29) is 23.6 Å². The molecule has 2 heterocycles. The lowest BCUT2D eigenvalue weighted by molar-refractivity contribution is -0.120. The highest BCUT2D eigenvalue weighted by molar-refractivity contribution is 6.04. The van der Waals surface area contributed by atoms with Crippen LogP contribution in [0.15, 0.2) is 97.1 Å². The SMILES string of the molecule is CCc1ccccc1C(=O)N1CCC[C@H]1C(=O)Nc1ccc(/C=C/c2ccc(NC(=O)[C@@H]3CCCN3C(=O)c3ccccc3NC)cc2)cc1. The van der Waals surface area contributed by atoms with Gasteiger partial charge in [-0.2, -0.15) is 0 Å². The third-order valence-corrected chi connectivity index (χ3v) is 9.51. The van der Waals surface area contributed by atoms with Crippen LogP contribution >= 0.6 is 0 Å². The van der Waals surface area contributed by atoms with Gasteiger partial charge in [-0.25, -0.2) is 0 Å². The summed E-state index contributed by atoms with van der Waals surface area (Å²) in [5, 5.41) is 9.04. The topological polar surface area (TPSA) is 111 Å². The highest BCUT2D eigenvalue weighted by Gasteiger charge is 2.36. The zero-order valence-corrected chi connectivity index (χ0v) is 28.5. The molecule has 0 saturated carbocycles. The first-order valence-corrected chi connectivity index (χ1v) is 17.3. The number of amides is 4. The third-order valence-electron chi connectivity index (χ3n) is 9.51. The summed E-state index contributed by atoms with van der Waals surface area (Å²) in [4.78, 5) is 56.5. The molecular formula is C41H43N5O4. The van der Waals surface area contributed by atoms with Crippen LogP contribution in [-0.4, -0.2) is 65.6 Å². The van der Waals surface area contributed by atoms with Crippen LogP contribution in [-0.2, 0) is 16.0 Å². The average molecular weight is 670 g/mol. The molecule has 6 rings (SSSR count). The van der Waals surface area contributed by atoms with E-state index >= 15 is 0 Å². The lowest BCUT2D eigenvalue weighted by atomic mass is 10.0. The smallest absolute Gasteiger partial charge is 0.256 e. The second-order valence-electron chi connectivity index (χ2n) is 12.7. The summed E-state index contributed by atoms with van der Waals surface area (Å²) >= 11 is 0. The molecule has 0 bridgehead atoms. The van der Waals surface area contributed by atoms with Crippen LogP contribution in [0.1, 0.15) is 70.0 Å². The van der Waals surface area contributed by atoms with Crippen molar-refractivity contribution >= 4 is 52.8 Å². The largest absolute Gasteiger partial charge is 0.387 e. The first-order chi connectivity index (χ1) is 24.4. The van der Waals surface area contributed by atoms with E-state index in [1.54, 1.807) is 22.9 Å². The molecular weight excluding hydrogens is 626 g/mol. The number of para-hydroxylation sites is 1. The lowest BCUT2D eigenvalue weighted by Gasteiger charge is -2.25. The summed E-state index contributed by atoms with van der Waals surface area (Å²) in [6.07, 6.45) is 7.54. The molecule has 4 aromatic carbocycles. The molecule has 2 aliphatic rings. The van der Waals surface area contributed by atoms with Gasteiger partial charge in [-0.1, -0.05) is 73.7 Å². The Kier molecular flexibility index (Phi) is 10.7. The Hall–Kier alpha value is -5.70. The fraction of sp³-hybridized carbons (Fsp3) is 0.268. The van der Waals surface area contributed by atoms with Crippen molar-refractivity contribution in [3.8, 4) is 0 Å². The van der Waals surface area contributed by atoms with Gasteiger partial charge in [-0.3, -0.25) is 19.2 Å². The number of carbonyl (C=O) groups excluding carboxylic acids is 4. The Bertz CT molecular complexity index is 1750. The van der Waals surface area contributed by atoms with Gasteiger partial charge in [-0.15, -0.1) is 0 Å². The molecule has 0 aliphatic carbocycles. The first kappa shape index (κ1) is 34.2. The molecule has 2 fully saturated rings. The van der Waals surface area contributed by atoms with E-state index < -0.39 is 12.1 Å². The molecule has 2 atom stereocenters. The standard InChI is InChI=1S/C41H43N5O4/c1-3-30-10-4-5-11-33(30)40(49)45-26-8-14-36(45)38(47)43-31-22-18-28(19-23-31)16-17-29-20-24-32(25-21-29)44-39(48)37-15-9-27-46(37)41(50)34-12-6-7-13-35(34)42-2/h4-7,10-13,16-25,36-37,42H,3,8-9,14-15,26-27H2,1-2H3,(H,43,47)(H,44,48)/b17-16+/t36-,37-/m0/s1. The van der Waals surface area contributed by atoms with Crippen LogP contribution < -0.4 is 16.0 Å². The number of aryl methyl sites for hydroxylation is 1. The quantitative estimate of drug-likeness (QED) is 0.158. The number of anilines is 3. The summed E-state index contributed by atoms with van der Waals surface area (Å²) < 4.78 is 0. The van der Waals surface area contributed by atoms with Crippen molar-refractivity contribution < 1.29 is 19.2 Å². The maximum absolute atomic E-state index is 13.3. The molecule has 4 amide bonds. The molecule has 0 aromatic heterocycles. The number of nitrogens with zero attached hydrogens (tertiary/aromatic N) is 2. The van der Waals surface area contributed by atoms with Gasteiger partial charge in [0.05, 0.1) is 5.56 Å². The summed E-state index contributed by atoms with van der Waals surface area (Å²) in [5.41, 5.74) is 6.21. The van der Waals surface area contributed by atoms with Gasteiger partial charge in [0, 0.05) is 42.8 Å². The van der Waals surface area contributed by atoms with Crippen molar-refractivity contribution in [2.24, 2.45) is 0 Å². The van der Waals surface area contributed by atoms with Crippen LogP contribution in [0.3, 0.4) is 0 Å². The van der Waals surface area contributed by atoms with Crippen molar-refractivity contribution in [3.63, 3.8) is 0 Å². The van der Waals surface area contributed by atoms with E-state index in [1.165, 1.54) is 0 Å². The normalized spacial score (nSPS) is 17.2. The molecule has 256 valence electrons. The minimum Gasteiger partial charge on any atom is -0.387 e. The van der Waals surface area contributed by atoms with Crippen molar-refractivity contribution in [1.29, 1.82) is 0 Å². The molecule has 0 unspecified atom stereocenters. The van der Waals surface area contributed by atoms with E-state index in [4.69, 9.17) is 0 Å². The Morgan fingerprint density at radius 2 is 1.10 bits per heavy atom. The summed E-state index contributed by atoms with van der Waals surface area (Å²) in [7, 11) is 1.78. The predicted molar refractivity (Wildman–Crippen MR) is 199 cm³/mol. The minimum atomic E-state index is -0.525. The lowest BCUT2D eigenvalue weighted by Crippen LogP contribution is -2.43. The highest BCUT2D eigenvalue weighted by Crippen LogP contribution is 2.26. The molecule has 3 N–H and O–H groups in total. The number of rotatable bonds is 10. The Morgan fingerprint density at radius 1 is 0.640 bits per heavy atom. The Labute approximate surface area is 293 Å². The third kappa shape index (κ3) is 7.62. The summed E-state index contributed by atoms with van der Waals surface area (Å²) in [5.74, 6) is -0.603. The molecule has 9 heteroatoms. The van der Waals surface area contributed by atoms with Crippen molar-refractivity contribution in [2.45, 2.75) is 51.1 Å². The highest BCUT2D eigenvalue weighted by atomic mass is 16.2. The maximum Gasteiger partial charge on any atom is 0.256 e. The fourth-order valence-electron chi connectivity index (χ4n) is 6.80. The minimum absolute atomic E-state index is 0.0878. The summed E-state index contributed by atoms with van der Waals surface area (Å²) in [6.45, 7) is 3.14. The van der Waals surface area contributed by atoms with E-state index in [0.29, 0.717) is 48.4 Å². The number of hydrogen-bond donors (Lipinski definition) is 3. The predicted octanol–water partition coefficient (Wildman–Crippen LogP) is 6.95. The fourth-order valence-corrected chi connectivity index (χ4v) is 6.80. The monoisotopic (exact) mass is 669 g/mol.